The van der Waals surface area contributed by atoms with Gasteiger partial charge in [-0.2, -0.15) is 0 Å². The molecule has 0 bridgehead atoms. The van der Waals surface area contributed by atoms with Crippen molar-refractivity contribution in [2.75, 3.05) is 13.4 Å². The van der Waals surface area contributed by atoms with Crippen molar-refractivity contribution >= 4 is 5.97 Å². The fraction of sp³-hybridized carbons (Fsp3) is 0.231. The van der Waals surface area contributed by atoms with Gasteiger partial charge in [0.2, 0.25) is 6.79 Å². The summed E-state index contributed by atoms with van der Waals surface area (Å²) in [4.78, 5) is 23.6. The maximum Gasteiger partial charge on any atom is 0.346 e. The van der Waals surface area contributed by atoms with Crippen molar-refractivity contribution in [2.24, 2.45) is 0 Å². The Morgan fingerprint density at radius 3 is 2.90 bits per heavy atom. The van der Waals surface area contributed by atoms with Gasteiger partial charge in [-0.25, -0.2) is 4.79 Å². The minimum Gasteiger partial charge on any atom is -0.462 e. The van der Waals surface area contributed by atoms with Crippen molar-refractivity contribution in [3.63, 3.8) is 0 Å². The minimum atomic E-state index is -0.664. The van der Waals surface area contributed by atoms with Gasteiger partial charge in [0.15, 0.2) is 17.1 Å². The number of benzene rings is 1. The zero-order valence-electron chi connectivity index (χ0n) is 10.7. The molecule has 0 amide bonds. The molecule has 1 aliphatic heterocycles. The first kappa shape index (κ1) is 12.3. The highest BCUT2D eigenvalue weighted by atomic mass is 16.7. The van der Waals surface area contributed by atoms with Gasteiger partial charge < -0.3 is 14.2 Å². The van der Waals surface area contributed by atoms with E-state index in [1.54, 1.807) is 25.1 Å². The number of aromatic amines is 2. The van der Waals surface area contributed by atoms with E-state index in [0.717, 1.165) is 0 Å². The van der Waals surface area contributed by atoms with Crippen molar-refractivity contribution in [3.05, 3.63) is 34.1 Å². The lowest BCUT2D eigenvalue weighted by Gasteiger charge is -2.04. The first-order valence-corrected chi connectivity index (χ1v) is 6.08. The van der Waals surface area contributed by atoms with Gasteiger partial charge in [-0.1, -0.05) is 0 Å². The molecule has 0 fully saturated rings. The van der Waals surface area contributed by atoms with E-state index in [-0.39, 0.29) is 19.0 Å². The number of hydrogen-bond acceptors (Lipinski definition) is 5. The molecule has 0 saturated carbocycles. The van der Waals surface area contributed by atoms with Crippen LogP contribution >= 0.6 is 0 Å². The predicted octanol–water partition coefficient (Wildman–Crippen LogP) is 1.28. The summed E-state index contributed by atoms with van der Waals surface area (Å²) in [7, 11) is 0. The van der Waals surface area contributed by atoms with Gasteiger partial charge in [-0.3, -0.25) is 15.0 Å². The Balaban J connectivity index is 2.07. The summed E-state index contributed by atoms with van der Waals surface area (Å²) in [6.45, 7) is 2.04. The Bertz CT molecular complexity index is 716. The largest absolute Gasteiger partial charge is 0.462 e. The van der Waals surface area contributed by atoms with Gasteiger partial charge in [0.25, 0.3) is 5.56 Å². The summed E-state index contributed by atoms with van der Waals surface area (Å²) in [6.07, 6.45) is 0. The lowest BCUT2D eigenvalue weighted by molar-refractivity contribution is 0.0526. The lowest BCUT2D eigenvalue weighted by Crippen LogP contribution is -2.15. The molecule has 0 atom stereocenters. The number of esters is 1. The Kier molecular flexibility index (Phi) is 2.94. The van der Waals surface area contributed by atoms with Crippen LogP contribution in [0.5, 0.6) is 11.5 Å². The third-order valence-electron chi connectivity index (χ3n) is 2.92. The monoisotopic (exact) mass is 276 g/mol. The van der Waals surface area contributed by atoms with Gasteiger partial charge in [0.05, 0.1) is 12.3 Å². The molecule has 0 aliphatic carbocycles. The molecule has 2 heterocycles. The zero-order valence-corrected chi connectivity index (χ0v) is 10.7. The first-order valence-electron chi connectivity index (χ1n) is 6.08. The molecule has 7 heteroatoms. The first-order chi connectivity index (χ1) is 9.70. The van der Waals surface area contributed by atoms with Crippen LogP contribution < -0.4 is 15.0 Å². The average Bonchev–Trinajstić information content (AvgIpc) is 3.04. The molecule has 2 N–H and O–H groups in total. The number of hydrogen-bond donors (Lipinski definition) is 2. The van der Waals surface area contributed by atoms with E-state index in [9.17, 15) is 9.59 Å². The molecular formula is C13H12N2O5. The van der Waals surface area contributed by atoms with E-state index < -0.39 is 11.5 Å². The van der Waals surface area contributed by atoms with E-state index in [0.29, 0.717) is 22.8 Å². The predicted molar refractivity (Wildman–Crippen MR) is 68.9 cm³/mol. The maximum atomic E-state index is 11.8. The molecule has 20 heavy (non-hydrogen) atoms. The Morgan fingerprint density at radius 2 is 2.10 bits per heavy atom. The second-order valence-corrected chi connectivity index (χ2v) is 4.12. The molecule has 1 aromatic carbocycles. The summed E-state index contributed by atoms with van der Waals surface area (Å²) in [5.41, 5.74) is 0.434. The lowest BCUT2D eigenvalue weighted by atomic mass is 10.1. The van der Waals surface area contributed by atoms with Crippen LogP contribution in [0, 0.1) is 0 Å². The molecule has 0 radical (unpaired) electrons. The summed E-state index contributed by atoms with van der Waals surface area (Å²) >= 11 is 0. The minimum absolute atomic E-state index is 0.0503. The molecule has 3 rings (SSSR count). The Hall–Kier alpha value is -2.70. The number of carbonyl (C=O) groups is 1. The molecular weight excluding hydrogens is 264 g/mol. The van der Waals surface area contributed by atoms with Crippen molar-refractivity contribution in [3.8, 4) is 22.8 Å². The van der Waals surface area contributed by atoms with Crippen molar-refractivity contribution in [1.82, 2.24) is 10.2 Å². The van der Waals surface area contributed by atoms with Crippen molar-refractivity contribution in [1.29, 1.82) is 0 Å². The van der Waals surface area contributed by atoms with E-state index in [4.69, 9.17) is 14.2 Å². The summed E-state index contributed by atoms with van der Waals surface area (Å²) in [6, 6.07) is 5.15. The normalized spacial score (nSPS) is 12.4. The van der Waals surface area contributed by atoms with Gasteiger partial charge in [0, 0.05) is 5.56 Å². The van der Waals surface area contributed by atoms with E-state index >= 15 is 0 Å². The van der Waals surface area contributed by atoms with E-state index in [1.165, 1.54) is 0 Å². The molecule has 1 aliphatic rings. The summed E-state index contributed by atoms with van der Waals surface area (Å²) in [5, 5.41) is 5.08. The second-order valence-electron chi connectivity index (χ2n) is 4.12. The van der Waals surface area contributed by atoms with Crippen LogP contribution in [0.4, 0.5) is 0 Å². The highest BCUT2D eigenvalue weighted by Gasteiger charge is 2.22. The third kappa shape index (κ3) is 1.93. The van der Waals surface area contributed by atoms with E-state index in [1.807, 2.05) is 0 Å². The number of fused-ring (bicyclic) bond motifs is 1. The molecule has 2 aromatic rings. The smallest absolute Gasteiger partial charge is 0.346 e. The van der Waals surface area contributed by atoms with Crippen LogP contribution in [-0.4, -0.2) is 29.6 Å². The van der Waals surface area contributed by atoms with Crippen LogP contribution in [0.3, 0.4) is 0 Å². The highest BCUT2D eigenvalue weighted by molar-refractivity contribution is 5.96. The summed E-state index contributed by atoms with van der Waals surface area (Å²) in [5.74, 6) is 0.534. The summed E-state index contributed by atoms with van der Waals surface area (Å²) < 4.78 is 15.4. The highest BCUT2D eigenvalue weighted by Crippen LogP contribution is 2.35. The van der Waals surface area contributed by atoms with Gasteiger partial charge in [-0.05, 0) is 25.1 Å². The second kappa shape index (κ2) is 4.76. The number of rotatable bonds is 3. The van der Waals surface area contributed by atoms with E-state index in [2.05, 4.69) is 10.2 Å². The molecule has 7 nitrogen and oxygen atoms in total. The molecule has 1 aromatic heterocycles. The Labute approximate surface area is 113 Å². The maximum absolute atomic E-state index is 11.8. The van der Waals surface area contributed by atoms with Gasteiger partial charge in [0.1, 0.15) is 0 Å². The third-order valence-corrected chi connectivity index (χ3v) is 2.92. The zero-order chi connectivity index (χ0) is 14.1. The topological polar surface area (TPSA) is 93.4 Å². The molecule has 0 spiro atoms. The van der Waals surface area contributed by atoms with Gasteiger partial charge in [-0.15, -0.1) is 0 Å². The Morgan fingerprint density at radius 1 is 1.30 bits per heavy atom. The molecule has 104 valence electrons. The number of ether oxygens (including phenoxy) is 3. The fourth-order valence-electron chi connectivity index (χ4n) is 2.02. The van der Waals surface area contributed by atoms with Crippen molar-refractivity contribution in [2.45, 2.75) is 6.92 Å². The number of carbonyl (C=O) groups excluding carboxylic acids is 1. The fourth-order valence-corrected chi connectivity index (χ4v) is 2.02. The molecule has 0 unspecified atom stereocenters. The van der Waals surface area contributed by atoms with Crippen LogP contribution in [0.25, 0.3) is 11.3 Å². The quantitative estimate of drug-likeness (QED) is 0.823. The number of nitrogens with one attached hydrogen (secondary N) is 2. The van der Waals surface area contributed by atoms with Crippen LogP contribution in [-0.2, 0) is 4.74 Å². The number of H-pyrrole nitrogens is 2. The van der Waals surface area contributed by atoms with Crippen LogP contribution in [0.15, 0.2) is 23.0 Å². The van der Waals surface area contributed by atoms with Crippen LogP contribution in [0.1, 0.15) is 17.3 Å². The average molecular weight is 276 g/mol. The molecule has 0 saturated heterocycles. The van der Waals surface area contributed by atoms with Crippen molar-refractivity contribution < 1.29 is 19.0 Å². The number of aromatic nitrogens is 2. The SMILES string of the molecule is CCOC(=O)c1c(-c2ccc3c(c2)OCO3)[nH][nH]c1=O. The van der Waals surface area contributed by atoms with Crippen LogP contribution in [0.2, 0.25) is 0 Å². The standard InChI is InChI=1S/C13H12N2O5/c1-2-18-13(17)10-11(14-15-12(10)16)7-3-4-8-9(5-7)20-6-19-8/h3-5H,2,6H2,1H3,(H2,14,15,16). The van der Waals surface area contributed by atoms with Gasteiger partial charge >= 0.3 is 5.97 Å².